The highest BCUT2D eigenvalue weighted by atomic mass is 32.2. The van der Waals surface area contributed by atoms with Crippen molar-refractivity contribution in [2.75, 3.05) is 26.1 Å². The molecule has 0 bridgehead atoms. The van der Waals surface area contributed by atoms with Crippen molar-refractivity contribution in [3.05, 3.63) is 0 Å². The van der Waals surface area contributed by atoms with E-state index < -0.39 is 4.75 Å². The van der Waals surface area contributed by atoms with E-state index in [0.29, 0.717) is 0 Å². The predicted octanol–water partition coefficient (Wildman–Crippen LogP) is -0.935. The smallest absolute Gasteiger partial charge is 0.0847 e. The van der Waals surface area contributed by atoms with Gasteiger partial charge in [-0.15, -0.1) is 0 Å². The molecule has 0 rings (SSSR count). The van der Waals surface area contributed by atoms with Gasteiger partial charge in [-0.25, -0.2) is 0 Å². The summed E-state index contributed by atoms with van der Waals surface area (Å²) in [5.41, 5.74) is 0. The van der Waals surface area contributed by atoms with Gasteiger partial charge in [0.2, 0.25) is 0 Å². The minimum Gasteiger partial charge on any atom is -0.395 e. The van der Waals surface area contributed by atoms with Gasteiger partial charge in [0.25, 0.3) is 0 Å². The Hall–Kier alpha value is 0.230. The van der Waals surface area contributed by atoms with E-state index in [-0.39, 0.29) is 19.8 Å². The highest BCUT2D eigenvalue weighted by Gasteiger charge is 2.25. The normalized spacial score (nSPS) is 12.0. The molecule has 0 aliphatic heterocycles. The lowest BCUT2D eigenvalue weighted by Crippen LogP contribution is -2.37. The maximum absolute atomic E-state index is 8.64. The lowest BCUT2D eigenvalue weighted by atomic mass is 10.2. The molecule has 0 aliphatic rings. The Morgan fingerprint density at radius 3 is 1.44 bits per heavy atom. The first-order valence-electron chi connectivity index (χ1n) is 2.62. The summed E-state index contributed by atoms with van der Waals surface area (Å²) in [6.45, 7) is -0.580. The molecule has 4 heteroatoms. The number of rotatable bonds is 4. The van der Waals surface area contributed by atoms with Crippen LogP contribution in [0.3, 0.4) is 0 Å². The van der Waals surface area contributed by atoms with Crippen molar-refractivity contribution < 1.29 is 15.3 Å². The van der Waals surface area contributed by atoms with E-state index in [9.17, 15) is 0 Å². The van der Waals surface area contributed by atoms with Crippen LogP contribution in [0.15, 0.2) is 0 Å². The molecule has 0 aliphatic carbocycles. The molecule has 0 aromatic carbocycles. The van der Waals surface area contributed by atoms with E-state index in [1.54, 1.807) is 6.26 Å². The van der Waals surface area contributed by atoms with Crippen LogP contribution in [0.2, 0.25) is 0 Å². The van der Waals surface area contributed by atoms with E-state index in [2.05, 4.69) is 0 Å². The standard InChI is InChI=1S/C5H12O3S/c1-9-5(2-6,3-7)4-8/h6-8H,2-4H2,1H3. The summed E-state index contributed by atoms with van der Waals surface area (Å²) in [5.74, 6) is 0. The van der Waals surface area contributed by atoms with Gasteiger partial charge in [0, 0.05) is 0 Å². The molecule has 0 atom stereocenters. The van der Waals surface area contributed by atoms with Gasteiger partial charge in [-0.2, -0.15) is 11.8 Å². The first-order valence-corrected chi connectivity index (χ1v) is 3.85. The zero-order chi connectivity index (χ0) is 7.33. The lowest BCUT2D eigenvalue weighted by molar-refractivity contribution is 0.120. The third-order valence-electron chi connectivity index (χ3n) is 1.30. The quantitative estimate of drug-likeness (QED) is 0.487. The summed E-state index contributed by atoms with van der Waals surface area (Å²) in [4.78, 5) is 0. The molecule has 0 saturated heterocycles. The highest BCUT2D eigenvalue weighted by Crippen LogP contribution is 2.19. The molecule has 0 fully saturated rings. The maximum atomic E-state index is 8.64. The van der Waals surface area contributed by atoms with Crippen molar-refractivity contribution in [3.8, 4) is 0 Å². The number of aliphatic hydroxyl groups excluding tert-OH is 3. The summed E-state index contributed by atoms with van der Waals surface area (Å²) in [5, 5.41) is 25.9. The van der Waals surface area contributed by atoms with Crippen LogP contribution < -0.4 is 0 Å². The van der Waals surface area contributed by atoms with Gasteiger partial charge in [-0.05, 0) is 6.26 Å². The second kappa shape index (κ2) is 4.11. The fourth-order valence-electron chi connectivity index (χ4n) is 0.344. The topological polar surface area (TPSA) is 60.7 Å². The zero-order valence-corrected chi connectivity index (χ0v) is 6.19. The van der Waals surface area contributed by atoms with E-state index >= 15 is 0 Å². The SMILES string of the molecule is CSC(CO)(CO)CO. The summed E-state index contributed by atoms with van der Waals surface area (Å²) in [6.07, 6.45) is 1.74. The third-order valence-corrected chi connectivity index (χ3v) is 2.55. The molecule has 3 N–H and O–H groups in total. The molecule has 9 heavy (non-hydrogen) atoms. The Morgan fingerprint density at radius 2 is 1.44 bits per heavy atom. The van der Waals surface area contributed by atoms with E-state index in [1.807, 2.05) is 0 Å². The Labute approximate surface area is 58.7 Å². The van der Waals surface area contributed by atoms with Crippen LogP contribution in [0.5, 0.6) is 0 Å². The van der Waals surface area contributed by atoms with Gasteiger partial charge in [0.15, 0.2) is 0 Å². The van der Waals surface area contributed by atoms with Crippen LogP contribution in [0, 0.1) is 0 Å². The van der Waals surface area contributed by atoms with Crippen LogP contribution in [-0.4, -0.2) is 46.1 Å². The lowest BCUT2D eigenvalue weighted by Gasteiger charge is -2.23. The van der Waals surface area contributed by atoms with E-state index in [0.717, 1.165) is 0 Å². The molecular weight excluding hydrogens is 140 g/mol. The average Bonchev–Trinajstić information content (AvgIpc) is 1.95. The number of thioether (sulfide) groups is 1. The fraction of sp³-hybridized carbons (Fsp3) is 1.00. The van der Waals surface area contributed by atoms with E-state index in [4.69, 9.17) is 15.3 Å². The highest BCUT2D eigenvalue weighted by molar-refractivity contribution is 8.00. The van der Waals surface area contributed by atoms with Gasteiger partial charge in [0.1, 0.15) is 0 Å². The van der Waals surface area contributed by atoms with Crippen LogP contribution in [0.4, 0.5) is 0 Å². The molecule has 0 radical (unpaired) electrons. The summed E-state index contributed by atoms with van der Waals surface area (Å²) in [6, 6.07) is 0. The maximum Gasteiger partial charge on any atom is 0.0847 e. The Kier molecular flexibility index (Phi) is 4.22. The molecule has 0 amide bonds. The molecular formula is C5H12O3S. The zero-order valence-electron chi connectivity index (χ0n) is 5.37. The first kappa shape index (κ1) is 9.23. The summed E-state index contributed by atoms with van der Waals surface area (Å²) >= 11 is 1.27. The van der Waals surface area contributed by atoms with Crippen LogP contribution in [0.25, 0.3) is 0 Å². The van der Waals surface area contributed by atoms with Crippen molar-refractivity contribution in [3.63, 3.8) is 0 Å². The second-order valence-electron chi connectivity index (χ2n) is 1.86. The van der Waals surface area contributed by atoms with Gasteiger partial charge in [-0.3, -0.25) is 0 Å². The molecule has 0 heterocycles. The minimum atomic E-state index is -0.750. The number of hydrogen-bond donors (Lipinski definition) is 3. The van der Waals surface area contributed by atoms with E-state index in [1.165, 1.54) is 11.8 Å². The predicted molar refractivity (Wildman–Crippen MR) is 37.5 cm³/mol. The number of hydrogen-bond acceptors (Lipinski definition) is 4. The number of aliphatic hydroxyl groups is 3. The average molecular weight is 152 g/mol. The van der Waals surface area contributed by atoms with Gasteiger partial charge >= 0.3 is 0 Å². The Bertz CT molecular complexity index is 55.1. The van der Waals surface area contributed by atoms with Crippen LogP contribution >= 0.6 is 11.8 Å². The van der Waals surface area contributed by atoms with Gasteiger partial charge in [0.05, 0.1) is 24.6 Å². The first-order chi connectivity index (χ1) is 4.24. The fourth-order valence-corrected chi connectivity index (χ4v) is 0.731. The van der Waals surface area contributed by atoms with Crippen molar-refractivity contribution in [1.29, 1.82) is 0 Å². The molecule has 3 nitrogen and oxygen atoms in total. The van der Waals surface area contributed by atoms with Crippen LogP contribution in [-0.2, 0) is 0 Å². The van der Waals surface area contributed by atoms with Gasteiger partial charge in [-0.1, -0.05) is 0 Å². The molecule has 56 valence electrons. The second-order valence-corrected chi connectivity index (χ2v) is 3.14. The Balaban J connectivity index is 3.82. The van der Waals surface area contributed by atoms with Crippen molar-refractivity contribution in [1.82, 2.24) is 0 Å². The molecule has 0 aromatic rings. The summed E-state index contributed by atoms with van der Waals surface area (Å²) in [7, 11) is 0. The third kappa shape index (κ3) is 2.14. The van der Waals surface area contributed by atoms with Gasteiger partial charge < -0.3 is 15.3 Å². The largest absolute Gasteiger partial charge is 0.395 e. The van der Waals surface area contributed by atoms with Crippen LogP contribution in [0.1, 0.15) is 0 Å². The monoisotopic (exact) mass is 152 g/mol. The Morgan fingerprint density at radius 1 is 1.11 bits per heavy atom. The molecule has 0 spiro atoms. The molecule has 0 unspecified atom stereocenters. The summed E-state index contributed by atoms with van der Waals surface area (Å²) < 4.78 is -0.750. The van der Waals surface area contributed by atoms with Crippen molar-refractivity contribution in [2.24, 2.45) is 0 Å². The van der Waals surface area contributed by atoms with Crippen molar-refractivity contribution >= 4 is 11.8 Å². The molecule has 0 aromatic heterocycles. The molecule has 0 saturated carbocycles. The minimum absolute atomic E-state index is 0.193. The van der Waals surface area contributed by atoms with Crippen molar-refractivity contribution in [2.45, 2.75) is 4.75 Å².